The van der Waals surface area contributed by atoms with Crippen molar-refractivity contribution in [1.29, 1.82) is 0 Å². The molecule has 1 aromatic carbocycles. The summed E-state index contributed by atoms with van der Waals surface area (Å²) >= 11 is 0. The number of ether oxygens (including phenoxy) is 1. The summed E-state index contributed by atoms with van der Waals surface area (Å²) in [7, 11) is 0. The van der Waals surface area contributed by atoms with Gasteiger partial charge in [-0.05, 0) is 51.3 Å². The number of amides is 2. The Bertz CT molecular complexity index is 1040. The molecule has 2 aliphatic rings. The van der Waals surface area contributed by atoms with Gasteiger partial charge in [-0.25, -0.2) is 14.1 Å². The fourth-order valence-corrected chi connectivity index (χ4v) is 3.53. The molecule has 2 N–H and O–H groups in total. The summed E-state index contributed by atoms with van der Waals surface area (Å²) in [6.45, 7) is 5.60. The van der Waals surface area contributed by atoms with Gasteiger partial charge in [-0.3, -0.25) is 9.59 Å². The Balaban J connectivity index is 1.53. The lowest BCUT2D eigenvalue weighted by molar-refractivity contribution is -0.118. The van der Waals surface area contributed by atoms with Gasteiger partial charge in [0.15, 0.2) is 5.82 Å². The number of aromatic nitrogens is 3. The summed E-state index contributed by atoms with van der Waals surface area (Å²) in [6.07, 6.45) is 2.56. The first-order valence-electron chi connectivity index (χ1n) is 9.51. The van der Waals surface area contributed by atoms with Gasteiger partial charge in [0.05, 0.1) is 0 Å². The van der Waals surface area contributed by atoms with Crippen molar-refractivity contribution >= 4 is 23.2 Å². The molecule has 0 radical (unpaired) electrons. The first-order chi connectivity index (χ1) is 13.8. The Hall–Kier alpha value is -3.23. The van der Waals surface area contributed by atoms with Crippen LogP contribution in [0.25, 0.3) is 5.70 Å². The Morgan fingerprint density at radius 3 is 2.90 bits per heavy atom. The Kier molecular flexibility index (Phi) is 4.81. The quantitative estimate of drug-likeness (QED) is 0.808. The molecule has 0 saturated heterocycles. The molecular weight excluding hydrogens is 377 g/mol. The summed E-state index contributed by atoms with van der Waals surface area (Å²) in [6, 6.07) is 1.94. The minimum Gasteiger partial charge on any atom is -0.489 e. The highest BCUT2D eigenvalue weighted by atomic mass is 19.1. The first kappa shape index (κ1) is 19.1. The van der Waals surface area contributed by atoms with Gasteiger partial charge < -0.3 is 15.4 Å². The molecule has 0 spiro atoms. The van der Waals surface area contributed by atoms with Gasteiger partial charge >= 0.3 is 0 Å². The molecule has 9 heteroatoms. The van der Waals surface area contributed by atoms with Crippen LogP contribution in [0.3, 0.4) is 0 Å². The highest BCUT2D eigenvalue weighted by molar-refractivity contribution is 6.01. The highest BCUT2D eigenvalue weighted by Crippen LogP contribution is 2.31. The van der Waals surface area contributed by atoms with E-state index in [0.717, 1.165) is 36.4 Å². The molecule has 29 heavy (non-hydrogen) atoms. The zero-order valence-electron chi connectivity index (χ0n) is 16.5. The lowest BCUT2D eigenvalue weighted by atomic mass is 10.1. The molecule has 2 aliphatic heterocycles. The summed E-state index contributed by atoms with van der Waals surface area (Å²) in [4.78, 5) is 29.5. The van der Waals surface area contributed by atoms with Crippen molar-refractivity contribution in [3.05, 3.63) is 40.7 Å². The summed E-state index contributed by atoms with van der Waals surface area (Å²) in [5.74, 6) is -0.768. The van der Waals surface area contributed by atoms with Crippen LogP contribution < -0.4 is 15.4 Å². The number of allylic oxidation sites excluding steroid dienone is 2. The lowest BCUT2D eigenvalue weighted by Gasteiger charge is -2.17. The van der Waals surface area contributed by atoms with E-state index in [1.165, 1.54) is 6.07 Å². The SMILES string of the molecule is CC(C)=C1CCCc2nc(C(=O)N[C@H]3COc4cc(C)cc(F)c4NC3=O)nn21. The summed E-state index contributed by atoms with van der Waals surface area (Å²) in [5, 5.41) is 9.42. The van der Waals surface area contributed by atoms with Crippen molar-refractivity contribution in [1.82, 2.24) is 20.1 Å². The molecule has 1 aromatic heterocycles. The van der Waals surface area contributed by atoms with E-state index in [1.54, 1.807) is 17.7 Å². The van der Waals surface area contributed by atoms with E-state index < -0.39 is 23.7 Å². The minimum absolute atomic E-state index is 0.00256. The average molecular weight is 399 g/mol. The molecule has 2 aromatic rings. The van der Waals surface area contributed by atoms with E-state index in [2.05, 4.69) is 20.7 Å². The second-order valence-corrected chi connectivity index (χ2v) is 7.51. The lowest BCUT2D eigenvalue weighted by Crippen LogP contribution is -2.46. The van der Waals surface area contributed by atoms with Crippen molar-refractivity contribution in [3.8, 4) is 5.75 Å². The van der Waals surface area contributed by atoms with Crippen molar-refractivity contribution < 1.29 is 18.7 Å². The van der Waals surface area contributed by atoms with Gasteiger partial charge in [0, 0.05) is 12.1 Å². The Morgan fingerprint density at radius 2 is 2.14 bits per heavy atom. The van der Waals surface area contributed by atoms with Crippen molar-refractivity contribution in [2.75, 3.05) is 11.9 Å². The minimum atomic E-state index is -1.00. The Morgan fingerprint density at radius 1 is 1.34 bits per heavy atom. The number of carbonyl (C=O) groups is 2. The monoisotopic (exact) mass is 399 g/mol. The van der Waals surface area contributed by atoms with E-state index in [9.17, 15) is 14.0 Å². The number of carbonyl (C=O) groups excluding carboxylic acids is 2. The summed E-state index contributed by atoms with van der Waals surface area (Å²) in [5.41, 5.74) is 2.80. The molecule has 2 amide bonds. The molecule has 0 aliphatic carbocycles. The maximum absolute atomic E-state index is 14.2. The van der Waals surface area contributed by atoms with Crippen LogP contribution in [-0.4, -0.2) is 39.2 Å². The zero-order chi connectivity index (χ0) is 20.7. The van der Waals surface area contributed by atoms with Crippen molar-refractivity contribution in [2.24, 2.45) is 0 Å². The molecule has 0 saturated carbocycles. The van der Waals surface area contributed by atoms with Gasteiger partial charge in [0.25, 0.3) is 11.8 Å². The number of rotatable bonds is 2. The molecule has 0 bridgehead atoms. The van der Waals surface area contributed by atoms with Gasteiger partial charge in [0.2, 0.25) is 5.82 Å². The van der Waals surface area contributed by atoms with E-state index in [4.69, 9.17) is 4.74 Å². The van der Waals surface area contributed by atoms with Crippen LogP contribution in [0.1, 0.15) is 48.7 Å². The molecule has 0 unspecified atom stereocenters. The van der Waals surface area contributed by atoms with Crippen LogP contribution in [0.15, 0.2) is 17.7 Å². The van der Waals surface area contributed by atoms with Gasteiger partial charge in [-0.2, -0.15) is 0 Å². The number of aryl methyl sites for hydroxylation is 2. The molecule has 8 nitrogen and oxygen atoms in total. The Labute approximate surface area is 167 Å². The maximum atomic E-state index is 14.2. The molecule has 3 heterocycles. The third-order valence-corrected chi connectivity index (χ3v) is 5.00. The van der Waals surface area contributed by atoms with Crippen LogP contribution in [-0.2, 0) is 11.2 Å². The van der Waals surface area contributed by atoms with Crippen molar-refractivity contribution in [3.63, 3.8) is 0 Å². The zero-order valence-corrected chi connectivity index (χ0v) is 16.5. The van der Waals surface area contributed by atoms with E-state index >= 15 is 0 Å². The van der Waals surface area contributed by atoms with Gasteiger partial charge in [0.1, 0.15) is 29.9 Å². The number of nitrogens with zero attached hydrogens (tertiary/aromatic N) is 3. The fraction of sp³-hybridized carbons (Fsp3) is 0.400. The van der Waals surface area contributed by atoms with Crippen molar-refractivity contribution in [2.45, 2.75) is 46.1 Å². The van der Waals surface area contributed by atoms with Crippen LogP contribution in [0.2, 0.25) is 0 Å². The van der Waals surface area contributed by atoms with Crippen LogP contribution in [0, 0.1) is 12.7 Å². The standard InChI is InChI=1S/C20H22FN5O3/c1-10(2)14-5-4-6-16-23-18(25-26(14)16)20(28)22-13-9-29-15-8-11(3)7-12(21)17(15)24-19(13)27/h7-8,13H,4-6,9H2,1-3H3,(H,22,28)(H,24,27)/t13-/m0/s1. The number of fused-ring (bicyclic) bond motifs is 2. The second-order valence-electron chi connectivity index (χ2n) is 7.51. The van der Waals surface area contributed by atoms with E-state index in [1.807, 2.05) is 13.8 Å². The third kappa shape index (κ3) is 3.59. The molecule has 0 fully saturated rings. The smallest absolute Gasteiger partial charge is 0.291 e. The number of halogens is 1. The fourth-order valence-electron chi connectivity index (χ4n) is 3.53. The second kappa shape index (κ2) is 7.31. The third-order valence-electron chi connectivity index (χ3n) is 5.00. The number of hydrogen-bond acceptors (Lipinski definition) is 5. The van der Waals surface area contributed by atoms with E-state index in [0.29, 0.717) is 5.56 Å². The largest absolute Gasteiger partial charge is 0.489 e. The molecular formula is C20H22FN5O3. The van der Waals surface area contributed by atoms with Crippen LogP contribution >= 0.6 is 0 Å². The number of benzene rings is 1. The average Bonchev–Trinajstić information content (AvgIpc) is 3.04. The summed E-state index contributed by atoms with van der Waals surface area (Å²) < 4.78 is 21.4. The molecule has 1 atom stereocenters. The highest BCUT2D eigenvalue weighted by Gasteiger charge is 2.30. The number of hydrogen-bond donors (Lipinski definition) is 2. The predicted molar refractivity (Wildman–Crippen MR) is 104 cm³/mol. The number of anilines is 1. The van der Waals surface area contributed by atoms with Gasteiger partial charge in [-0.15, -0.1) is 5.10 Å². The number of nitrogens with one attached hydrogen (secondary N) is 2. The maximum Gasteiger partial charge on any atom is 0.291 e. The first-order valence-corrected chi connectivity index (χ1v) is 9.51. The van der Waals surface area contributed by atoms with Crippen LogP contribution in [0.5, 0.6) is 5.75 Å². The van der Waals surface area contributed by atoms with E-state index in [-0.39, 0.29) is 23.9 Å². The van der Waals surface area contributed by atoms with Crippen LogP contribution in [0.4, 0.5) is 10.1 Å². The predicted octanol–water partition coefficient (Wildman–Crippen LogP) is 2.44. The van der Waals surface area contributed by atoms with Gasteiger partial charge in [-0.1, -0.05) is 5.57 Å². The normalized spacial score (nSPS) is 18.1. The topological polar surface area (TPSA) is 98.1 Å². The molecule has 4 rings (SSSR count). The molecule has 152 valence electrons.